The molecule has 82 valence electrons. The first kappa shape index (κ1) is 12.0. The van der Waals surface area contributed by atoms with E-state index in [4.69, 9.17) is 5.73 Å². The Bertz CT molecular complexity index is 378. The molecule has 0 saturated heterocycles. The summed E-state index contributed by atoms with van der Waals surface area (Å²) in [4.78, 5) is 9.85. The van der Waals surface area contributed by atoms with E-state index >= 15 is 0 Å². The van der Waals surface area contributed by atoms with Crippen LogP contribution in [0.1, 0.15) is 16.0 Å². The van der Waals surface area contributed by atoms with E-state index in [1.54, 1.807) is 0 Å². The largest absolute Gasteiger partial charge is 0.416 e. The summed E-state index contributed by atoms with van der Waals surface area (Å²) < 4.78 is 36.9. The third-order valence-electron chi connectivity index (χ3n) is 1.76. The number of rotatable bonds is 2. The van der Waals surface area contributed by atoms with Crippen molar-refractivity contribution in [2.24, 2.45) is 5.73 Å². The van der Waals surface area contributed by atoms with Crippen molar-refractivity contribution < 1.29 is 18.0 Å². The number of hydrogen-bond donors (Lipinski definition) is 1. The molecule has 6 heteroatoms. The van der Waals surface area contributed by atoms with Gasteiger partial charge in [0.1, 0.15) is 4.83 Å². The molecule has 0 aromatic heterocycles. The zero-order chi connectivity index (χ0) is 11.6. The first-order valence-electron chi connectivity index (χ1n) is 3.93. The third-order valence-corrected chi connectivity index (χ3v) is 2.74. The zero-order valence-corrected chi connectivity index (χ0v) is 8.97. The number of alkyl halides is 4. The highest BCUT2D eigenvalue weighted by Gasteiger charge is 2.31. The normalized spacial score (nSPS) is 13.6. The molecule has 0 fully saturated rings. The van der Waals surface area contributed by atoms with Crippen molar-refractivity contribution in [1.29, 1.82) is 0 Å². The van der Waals surface area contributed by atoms with Gasteiger partial charge in [0.25, 0.3) is 0 Å². The van der Waals surface area contributed by atoms with Crippen LogP contribution in [-0.2, 0) is 11.0 Å². The molecule has 0 aliphatic heterocycles. The number of nitrogens with two attached hydrogens (primary N) is 1. The minimum absolute atomic E-state index is 0.192. The minimum Gasteiger partial charge on any atom is -0.368 e. The van der Waals surface area contributed by atoms with Gasteiger partial charge in [-0.2, -0.15) is 13.2 Å². The molecular weight excluding hydrogens is 275 g/mol. The van der Waals surface area contributed by atoms with Crippen molar-refractivity contribution in [2.75, 3.05) is 0 Å². The molecule has 0 bridgehead atoms. The van der Waals surface area contributed by atoms with Crippen molar-refractivity contribution in [3.05, 3.63) is 35.4 Å². The SMILES string of the molecule is NC(=O)C(Br)c1cccc(C(F)(F)F)c1. The maximum atomic E-state index is 12.3. The first-order chi connectivity index (χ1) is 6.82. The van der Waals surface area contributed by atoms with Crippen LogP contribution in [0.2, 0.25) is 0 Å². The average molecular weight is 282 g/mol. The van der Waals surface area contributed by atoms with Gasteiger partial charge in [0.15, 0.2) is 0 Å². The Balaban J connectivity index is 3.08. The molecule has 1 unspecified atom stereocenters. The Labute approximate surface area is 92.4 Å². The highest BCUT2D eigenvalue weighted by atomic mass is 79.9. The fourth-order valence-electron chi connectivity index (χ4n) is 1.04. The van der Waals surface area contributed by atoms with Crippen LogP contribution in [0, 0.1) is 0 Å². The van der Waals surface area contributed by atoms with Crippen LogP contribution in [0.3, 0.4) is 0 Å². The molecule has 1 atom stereocenters. The van der Waals surface area contributed by atoms with Gasteiger partial charge in [-0.05, 0) is 11.6 Å². The fourth-order valence-corrected chi connectivity index (χ4v) is 1.32. The van der Waals surface area contributed by atoms with Crippen LogP contribution in [0.5, 0.6) is 0 Å². The van der Waals surface area contributed by atoms with Gasteiger partial charge in [-0.3, -0.25) is 4.79 Å². The summed E-state index contributed by atoms with van der Waals surface area (Å²) in [6, 6.07) is 4.46. The molecule has 1 aromatic rings. The van der Waals surface area contributed by atoms with Crippen molar-refractivity contribution in [3.8, 4) is 0 Å². The Kier molecular flexibility index (Phi) is 3.38. The maximum absolute atomic E-state index is 12.3. The molecule has 1 rings (SSSR count). The molecule has 0 aliphatic rings. The standard InChI is InChI=1S/C9H7BrF3NO/c10-7(8(14)15)5-2-1-3-6(4-5)9(11,12)13/h1-4,7H,(H2,14,15). The Morgan fingerprint density at radius 2 is 2.00 bits per heavy atom. The van der Waals surface area contributed by atoms with E-state index in [0.29, 0.717) is 0 Å². The highest BCUT2D eigenvalue weighted by molar-refractivity contribution is 9.09. The third kappa shape index (κ3) is 2.95. The van der Waals surface area contributed by atoms with Gasteiger partial charge >= 0.3 is 6.18 Å². The van der Waals surface area contributed by atoms with Gasteiger partial charge in [0, 0.05) is 0 Å². The Morgan fingerprint density at radius 3 is 2.47 bits per heavy atom. The molecule has 1 aromatic carbocycles. The second-order valence-electron chi connectivity index (χ2n) is 2.89. The molecule has 0 spiro atoms. The summed E-state index contributed by atoms with van der Waals surface area (Å²) in [5, 5.41) is 0. The van der Waals surface area contributed by atoms with Crippen LogP contribution in [0.25, 0.3) is 0 Å². The van der Waals surface area contributed by atoms with E-state index in [2.05, 4.69) is 15.9 Å². The zero-order valence-electron chi connectivity index (χ0n) is 7.38. The predicted octanol–water partition coefficient (Wildman–Crippen LogP) is 2.63. The van der Waals surface area contributed by atoms with Crippen molar-refractivity contribution >= 4 is 21.8 Å². The van der Waals surface area contributed by atoms with Crippen LogP contribution < -0.4 is 5.73 Å². The van der Waals surface area contributed by atoms with E-state index < -0.39 is 22.5 Å². The summed E-state index contributed by atoms with van der Waals surface area (Å²) in [7, 11) is 0. The molecule has 2 N–H and O–H groups in total. The molecule has 15 heavy (non-hydrogen) atoms. The molecule has 0 radical (unpaired) electrons. The van der Waals surface area contributed by atoms with E-state index in [1.807, 2.05) is 0 Å². The molecule has 1 amide bonds. The second kappa shape index (κ2) is 4.22. The summed E-state index contributed by atoms with van der Waals surface area (Å²) in [6.45, 7) is 0. The van der Waals surface area contributed by atoms with Gasteiger partial charge in [-0.1, -0.05) is 34.1 Å². The number of carbonyl (C=O) groups excluding carboxylic acids is 1. The van der Waals surface area contributed by atoms with Crippen molar-refractivity contribution in [3.63, 3.8) is 0 Å². The number of benzene rings is 1. The molecular formula is C9H7BrF3NO. The molecule has 2 nitrogen and oxygen atoms in total. The quantitative estimate of drug-likeness (QED) is 0.832. The monoisotopic (exact) mass is 281 g/mol. The number of primary amides is 1. The number of carbonyl (C=O) groups is 1. The fraction of sp³-hybridized carbons (Fsp3) is 0.222. The molecule has 0 aliphatic carbocycles. The van der Waals surface area contributed by atoms with Gasteiger partial charge in [-0.25, -0.2) is 0 Å². The lowest BCUT2D eigenvalue weighted by Crippen LogP contribution is -2.17. The van der Waals surface area contributed by atoms with Crippen LogP contribution in [0.15, 0.2) is 24.3 Å². The number of halogens is 4. The van der Waals surface area contributed by atoms with Gasteiger partial charge in [0.2, 0.25) is 5.91 Å². The summed E-state index contributed by atoms with van der Waals surface area (Å²) in [6.07, 6.45) is -4.42. The van der Waals surface area contributed by atoms with Crippen LogP contribution in [0.4, 0.5) is 13.2 Å². The first-order valence-corrected chi connectivity index (χ1v) is 4.84. The van der Waals surface area contributed by atoms with Crippen LogP contribution >= 0.6 is 15.9 Å². The molecule has 0 heterocycles. The topological polar surface area (TPSA) is 43.1 Å². The van der Waals surface area contributed by atoms with Crippen LogP contribution in [-0.4, -0.2) is 5.91 Å². The predicted molar refractivity (Wildman–Crippen MR) is 52.3 cm³/mol. The second-order valence-corrected chi connectivity index (χ2v) is 3.80. The highest BCUT2D eigenvalue weighted by Crippen LogP contribution is 2.32. The summed E-state index contributed by atoms with van der Waals surface area (Å²) in [5.74, 6) is -0.727. The van der Waals surface area contributed by atoms with E-state index in [-0.39, 0.29) is 5.56 Å². The van der Waals surface area contributed by atoms with E-state index in [1.165, 1.54) is 12.1 Å². The number of hydrogen-bond acceptors (Lipinski definition) is 1. The Morgan fingerprint density at radius 1 is 1.40 bits per heavy atom. The average Bonchev–Trinajstić information content (AvgIpc) is 2.15. The van der Waals surface area contributed by atoms with E-state index in [9.17, 15) is 18.0 Å². The lowest BCUT2D eigenvalue weighted by Gasteiger charge is -2.10. The number of amides is 1. The smallest absolute Gasteiger partial charge is 0.368 e. The van der Waals surface area contributed by atoms with Crippen molar-refractivity contribution in [1.82, 2.24) is 0 Å². The summed E-state index contributed by atoms with van der Waals surface area (Å²) >= 11 is 2.91. The molecule has 0 saturated carbocycles. The van der Waals surface area contributed by atoms with E-state index in [0.717, 1.165) is 12.1 Å². The summed E-state index contributed by atoms with van der Waals surface area (Å²) in [5.41, 5.74) is 4.35. The lowest BCUT2D eigenvalue weighted by atomic mass is 10.1. The van der Waals surface area contributed by atoms with Gasteiger partial charge in [0.05, 0.1) is 5.56 Å². The Hall–Kier alpha value is -1.04. The van der Waals surface area contributed by atoms with Gasteiger partial charge in [-0.15, -0.1) is 0 Å². The van der Waals surface area contributed by atoms with Gasteiger partial charge < -0.3 is 5.73 Å². The minimum atomic E-state index is -4.42. The lowest BCUT2D eigenvalue weighted by molar-refractivity contribution is -0.137. The van der Waals surface area contributed by atoms with Crippen molar-refractivity contribution in [2.45, 2.75) is 11.0 Å². The maximum Gasteiger partial charge on any atom is 0.416 e.